The minimum Gasteiger partial charge on any atom is -0.338 e. The molecule has 1 saturated heterocycles. The van der Waals surface area contributed by atoms with Crippen molar-refractivity contribution < 1.29 is 4.79 Å². The Balaban J connectivity index is 2.40. The summed E-state index contributed by atoms with van der Waals surface area (Å²) in [6.07, 6.45) is 0.899. The van der Waals surface area contributed by atoms with Crippen molar-refractivity contribution >= 4 is 50.9 Å². The Morgan fingerprint density at radius 1 is 1.31 bits per heavy atom. The standard InChI is InChI=1S/C10H9BrCl2N2O/c11-6-2-3-7(9(13)8(6)12)15-5-1-4-14-10(15)16/h2-3H,1,4-5H2,(H,14,16). The monoisotopic (exact) mass is 322 g/mol. The van der Waals surface area contributed by atoms with Crippen LogP contribution in [0.2, 0.25) is 10.0 Å². The number of hydrogen-bond acceptors (Lipinski definition) is 1. The van der Waals surface area contributed by atoms with Gasteiger partial charge in [0.15, 0.2) is 0 Å². The van der Waals surface area contributed by atoms with Crippen molar-refractivity contribution in [3.63, 3.8) is 0 Å². The lowest BCUT2D eigenvalue weighted by Gasteiger charge is -2.28. The number of amides is 2. The molecule has 6 heteroatoms. The molecule has 1 fully saturated rings. The van der Waals surface area contributed by atoms with E-state index in [1.165, 1.54) is 0 Å². The highest BCUT2D eigenvalue weighted by molar-refractivity contribution is 9.10. The summed E-state index contributed by atoms with van der Waals surface area (Å²) in [6.45, 7) is 1.36. The number of anilines is 1. The number of nitrogens with zero attached hydrogens (tertiary/aromatic N) is 1. The summed E-state index contributed by atoms with van der Waals surface area (Å²) in [6, 6.07) is 3.43. The third kappa shape index (κ3) is 2.14. The highest BCUT2D eigenvalue weighted by atomic mass is 79.9. The van der Waals surface area contributed by atoms with Crippen LogP contribution in [0.1, 0.15) is 6.42 Å². The van der Waals surface area contributed by atoms with Crippen LogP contribution in [-0.2, 0) is 0 Å². The quantitative estimate of drug-likeness (QED) is 0.786. The van der Waals surface area contributed by atoms with E-state index in [4.69, 9.17) is 23.2 Å². The average molecular weight is 324 g/mol. The van der Waals surface area contributed by atoms with E-state index in [1.807, 2.05) is 0 Å². The summed E-state index contributed by atoms with van der Waals surface area (Å²) in [5, 5.41) is 3.59. The molecule has 86 valence electrons. The fourth-order valence-electron chi connectivity index (χ4n) is 1.58. The van der Waals surface area contributed by atoms with Gasteiger partial charge in [0.1, 0.15) is 0 Å². The predicted octanol–water partition coefficient (Wildman–Crippen LogP) is 3.68. The van der Waals surface area contributed by atoms with Gasteiger partial charge in [-0.15, -0.1) is 0 Å². The summed E-state index contributed by atoms with van der Waals surface area (Å²) in [5.74, 6) is 0. The molecule has 0 aromatic heterocycles. The Bertz CT molecular complexity index is 439. The summed E-state index contributed by atoms with van der Waals surface area (Å²) in [7, 11) is 0. The van der Waals surface area contributed by atoms with E-state index in [9.17, 15) is 4.79 Å². The fraction of sp³-hybridized carbons (Fsp3) is 0.300. The van der Waals surface area contributed by atoms with Crippen molar-refractivity contribution in [2.24, 2.45) is 0 Å². The second-order valence-electron chi connectivity index (χ2n) is 3.43. The molecule has 0 bridgehead atoms. The lowest BCUT2D eigenvalue weighted by Crippen LogP contribution is -2.46. The van der Waals surface area contributed by atoms with Crippen LogP contribution >= 0.6 is 39.1 Å². The number of halogens is 3. The van der Waals surface area contributed by atoms with Gasteiger partial charge in [0.2, 0.25) is 0 Å². The number of urea groups is 1. The molecule has 1 aromatic carbocycles. The van der Waals surface area contributed by atoms with Crippen LogP contribution in [0.4, 0.5) is 10.5 Å². The number of carbonyl (C=O) groups is 1. The van der Waals surface area contributed by atoms with Gasteiger partial charge in [-0.05, 0) is 34.5 Å². The Kier molecular flexibility index (Phi) is 3.62. The Morgan fingerprint density at radius 3 is 2.75 bits per heavy atom. The van der Waals surface area contributed by atoms with Crippen LogP contribution in [0, 0.1) is 0 Å². The first-order valence-electron chi connectivity index (χ1n) is 4.80. The van der Waals surface area contributed by atoms with E-state index in [0.717, 1.165) is 10.9 Å². The molecule has 0 saturated carbocycles. The van der Waals surface area contributed by atoms with Crippen LogP contribution in [-0.4, -0.2) is 19.1 Å². The molecule has 16 heavy (non-hydrogen) atoms. The van der Waals surface area contributed by atoms with E-state index >= 15 is 0 Å². The SMILES string of the molecule is O=C1NCCCN1c1ccc(Br)c(Cl)c1Cl. The molecule has 0 atom stereocenters. The highest BCUT2D eigenvalue weighted by Crippen LogP contribution is 2.38. The third-order valence-corrected chi connectivity index (χ3v) is 4.15. The summed E-state index contributed by atoms with van der Waals surface area (Å²) < 4.78 is 0.723. The minimum absolute atomic E-state index is 0.133. The predicted molar refractivity (Wildman–Crippen MR) is 69.5 cm³/mol. The topological polar surface area (TPSA) is 32.3 Å². The maximum Gasteiger partial charge on any atom is 0.321 e. The molecule has 3 nitrogen and oxygen atoms in total. The molecule has 1 aliphatic rings. The van der Waals surface area contributed by atoms with Gasteiger partial charge < -0.3 is 5.32 Å². The summed E-state index contributed by atoms with van der Waals surface area (Å²) in [5.41, 5.74) is 0.645. The first kappa shape index (κ1) is 12.0. The lowest BCUT2D eigenvalue weighted by molar-refractivity contribution is 0.243. The van der Waals surface area contributed by atoms with Crippen molar-refractivity contribution in [1.29, 1.82) is 0 Å². The van der Waals surface area contributed by atoms with Crippen LogP contribution in [0.15, 0.2) is 16.6 Å². The van der Waals surface area contributed by atoms with Gasteiger partial charge in [-0.25, -0.2) is 4.79 Å². The molecular formula is C10H9BrCl2N2O. The Morgan fingerprint density at radius 2 is 2.06 bits per heavy atom. The fourth-order valence-corrected chi connectivity index (χ4v) is 2.45. The van der Waals surface area contributed by atoms with Crippen LogP contribution in [0.25, 0.3) is 0 Å². The van der Waals surface area contributed by atoms with Crippen LogP contribution in [0.3, 0.4) is 0 Å². The first-order valence-corrected chi connectivity index (χ1v) is 6.35. The molecular weight excluding hydrogens is 315 g/mol. The molecule has 1 aromatic rings. The summed E-state index contributed by atoms with van der Waals surface area (Å²) >= 11 is 15.4. The van der Waals surface area contributed by atoms with Gasteiger partial charge in [0.25, 0.3) is 0 Å². The lowest BCUT2D eigenvalue weighted by atomic mass is 10.2. The van der Waals surface area contributed by atoms with Gasteiger partial charge >= 0.3 is 6.03 Å². The van der Waals surface area contributed by atoms with Crippen molar-refractivity contribution in [2.75, 3.05) is 18.0 Å². The van der Waals surface area contributed by atoms with E-state index in [2.05, 4.69) is 21.2 Å². The number of rotatable bonds is 1. The smallest absolute Gasteiger partial charge is 0.321 e. The van der Waals surface area contributed by atoms with Crippen LogP contribution < -0.4 is 10.2 Å². The molecule has 2 rings (SSSR count). The van der Waals surface area contributed by atoms with E-state index in [1.54, 1.807) is 17.0 Å². The molecule has 0 unspecified atom stereocenters. The molecule has 1 N–H and O–H groups in total. The molecule has 1 aliphatic heterocycles. The Hall–Kier alpha value is -0.450. The van der Waals surface area contributed by atoms with Gasteiger partial charge in [-0.1, -0.05) is 23.2 Å². The number of hydrogen-bond donors (Lipinski definition) is 1. The first-order chi connectivity index (χ1) is 7.61. The van der Waals surface area contributed by atoms with Crippen molar-refractivity contribution in [3.8, 4) is 0 Å². The van der Waals surface area contributed by atoms with Gasteiger partial charge in [-0.2, -0.15) is 0 Å². The highest BCUT2D eigenvalue weighted by Gasteiger charge is 2.22. The zero-order valence-corrected chi connectivity index (χ0v) is 11.4. The third-order valence-electron chi connectivity index (χ3n) is 2.39. The van der Waals surface area contributed by atoms with Gasteiger partial charge in [-0.3, -0.25) is 4.90 Å². The maximum atomic E-state index is 11.6. The van der Waals surface area contributed by atoms with Crippen LogP contribution in [0.5, 0.6) is 0 Å². The number of nitrogens with one attached hydrogen (secondary N) is 1. The average Bonchev–Trinajstić information content (AvgIpc) is 2.28. The number of carbonyl (C=O) groups excluding carboxylic acids is 1. The van der Waals surface area contributed by atoms with E-state index in [-0.39, 0.29) is 6.03 Å². The largest absolute Gasteiger partial charge is 0.338 e. The number of benzene rings is 1. The molecule has 2 amide bonds. The van der Waals surface area contributed by atoms with Crippen molar-refractivity contribution in [2.45, 2.75) is 6.42 Å². The normalized spacial score (nSPS) is 16.2. The van der Waals surface area contributed by atoms with E-state index < -0.39 is 0 Å². The Labute approximate surface area is 112 Å². The maximum absolute atomic E-state index is 11.6. The molecule has 0 radical (unpaired) electrons. The molecule has 1 heterocycles. The van der Waals surface area contributed by atoms with Crippen molar-refractivity contribution in [1.82, 2.24) is 5.32 Å². The van der Waals surface area contributed by atoms with Gasteiger partial charge in [0, 0.05) is 17.6 Å². The molecule has 0 aliphatic carbocycles. The molecule has 0 spiro atoms. The van der Waals surface area contributed by atoms with Crippen molar-refractivity contribution in [3.05, 3.63) is 26.7 Å². The zero-order chi connectivity index (χ0) is 11.7. The zero-order valence-electron chi connectivity index (χ0n) is 8.27. The minimum atomic E-state index is -0.133. The van der Waals surface area contributed by atoms with Gasteiger partial charge in [0.05, 0.1) is 15.7 Å². The van der Waals surface area contributed by atoms with E-state index in [0.29, 0.717) is 28.8 Å². The second kappa shape index (κ2) is 4.82. The second-order valence-corrected chi connectivity index (χ2v) is 5.04. The summed E-state index contributed by atoms with van der Waals surface area (Å²) in [4.78, 5) is 13.2.